The number of aromatic nitrogens is 3. The molecule has 2 N–H and O–H groups in total. The quantitative estimate of drug-likeness (QED) is 0.363. The van der Waals surface area contributed by atoms with Crippen molar-refractivity contribution in [2.24, 2.45) is 7.05 Å². The summed E-state index contributed by atoms with van der Waals surface area (Å²) in [4.78, 5) is 17.7. The van der Waals surface area contributed by atoms with E-state index in [-0.39, 0.29) is 17.4 Å². The summed E-state index contributed by atoms with van der Waals surface area (Å²) in [6.07, 6.45) is 5.38. The first-order chi connectivity index (χ1) is 17.4. The Labute approximate surface area is 209 Å². The fourth-order valence-electron chi connectivity index (χ4n) is 3.96. The van der Waals surface area contributed by atoms with Gasteiger partial charge in [-0.15, -0.1) is 0 Å². The Morgan fingerprint density at radius 1 is 1.06 bits per heavy atom. The van der Waals surface area contributed by atoms with E-state index in [1.54, 1.807) is 29.2 Å². The van der Waals surface area contributed by atoms with E-state index in [1.807, 2.05) is 62.6 Å². The van der Waals surface area contributed by atoms with Gasteiger partial charge in [-0.3, -0.25) is 9.48 Å². The fraction of sp³-hybridized carbons (Fsp3) is 0.214. The van der Waals surface area contributed by atoms with Gasteiger partial charge in [-0.2, -0.15) is 10.4 Å². The zero-order valence-corrected chi connectivity index (χ0v) is 20.1. The van der Waals surface area contributed by atoms with E-state index in [9.17, 15) is 9.18 Å². The molecule has 182 valence electrons. The maximum atomic E-state index is 14.0. The van der Waals surface area contributed by atoms with E-state index in [0.29, 0.717) is 18.9 Å². The van der Waals surface area contributed by atoms with Crippen molar-refractivity contribution >= 4 is 11.7 Å². The van der Waals surface area contributed by atoms with Crippen LogP contribution in [-0.2, 0) is 11.8 Å². The minimum Gasteiger partial charge on any atom is -0.315 e. The number of hydrogen-bond acceptors (Lipinski definition) is 5. The Hall–Kier alpha value is -4.35. The summed E-state index contributed by atoms with van der Waals surface area (Å²) in [6.45, 7) is 2.91. The van der Waals surface area contributed by atoms with Crippen LogP contribution in [0.4, 0.5) is 10.2 Å². The van der Waals surface area contributed by atoms with Crippen molar-refractivity contribution in [3.05, 3.63) is 102 Å². The Kier molecular flexibility index (Phi) is 7.83. The van der Waals surface area contributed by atoms with Crippen molar-refractivity contribution in [1.82, 2.24) is 20.1 Å². The van der Waals surface area contributed by atoms with Crippen molar-refractivity contribution in [1.29, 1.82) is 5.26 Å². The molecule has 0 radical (unpaired) electrons. The van der Waals surface area contributed by atoms with Crippen LogP contribution in [0, 0.1) is 17.1 Å². The standard InChI is InChI=1S/C28H27FN6O/c1-19(21-8-9-22(13-30)26(29)12-21)14-31-17-25(20-6-4-3-5-7-20)28(36)34-27-11-10-23(15-32-27)24-16-33-35(2)18-24/h3-12,15-16,18-19,25,31H,14,17H2,1-2H3,(H,32,34,36)/t19-,25?/m1/s1. The van der Waals surface area contributed by atoms with Gasteiger partial charge in [-0.25, -0.2) is 9.37 Å². The molecule has 2 heterocycles. The molecule has 2 aromatic heterocycles. The van der Waals surface area contributed by atoms with Gasteiger partial charge < -0.3 is 10.6 Å². The van der Waals surface area contributed by atoms with E-state index < -0.39 is 11.7 Å². The lowest BCUT2D eigenvalue weighted by molar-refractivity contribution is -0.117. The molecule has 0 bridgehead atoms. The Morgan fingerprint density at radius 2 is 1.86 bits per heavy atom. The van der Waals surface area contributed by atoms with E-state index in [1.165, 1.54) is 12.1 Å². The fourth-order valence-corrected chi connectivity index (χ4v) is 3.96. The Morgan fingerprint density at radius 3 is 2.50 bits per heavy atom. The average molecular weight is 483 g/mol. The van der Waals surface area contributed by atoms with Gasteiger partial charge in [0.2, 0.25) is 5.91 Å². The van der Waals surface area contributed by atoms with Gasteiger partial charge in [0.05, 0.1) is 17.7 Å². The Bertz CT molecular complexity index is 1360. The summed E-state index contributed by atoms with van der Waals surface area (Å²) in [7, 11) is 1.85. The molecule has 0 saturated carbocycles. The predicted octanol–water partition coefficient (Wildman–Crippen LogP) is 4.61. The van der Waals surface area contributed by atoms with Crippen LogP contribution >= 0.6 is 0 Å². The first kappa shape index (κ1) is 24.8. The monoisotopic (exact) mass is 482 g/mol. The third-order valence-corrected chi connectivity index (χ3v) is 6.05. The number of halogens is 1. The molecule has 8 heteroatoms. The second kappa shape index (κ2) is 11.4. The van der Waals surface area contributed by atoms with Gasteiger partial charge >= 0.3 is 0 Å². The topological polar surface area (TPSA) is 95.6 Å². The number of aryl methyl sites for hydroxylation is 1. The molecular weight excluding hydrogens is 455 g/mol. The summed E-state index contributed by atoms with van der Waals surface area (Å²) in [5.74, 6) is -0.683. The molecule has 7 nitrogen and oxygen atoms in total. The predicted molar refractivity (Wildman–Crippen MR) is 137 cm³/mol. The third kappa shape index (κ3) is 6.01. The largest absolute Gasteiger partial charge is 0.315 e. The lowest BCUT2D eigenvalue weighted by Crippen LogP contribution is -2.32. The first-order valence-electron chi connectivity index (χ1n) is 11.7. The highest BCUT2D eigenvalue weighted by Gasteiger charge is 2.21. The van der Waals surface area contributed by atoms with Crippen molar-refractivity contribution in [2.75, 3.05) is 18.4 Å². The number of rotatable bonds is 9. The van der Waals surface area contributed by atoms with Gasteiger partial charge in [0, 0.05) is 43.7 Å². The lowest BCUT2D eigenvalue weighted by Gasteiger charge is -2.20. The number of amides is 1. The molecule has 0 saturated heterocycles. The van der Waals surface area contributed by atoms with Crippen LogP contribution in [0.3, 0.4) is 0 Å². The second-order valence-electron chi connectivity index (χ2n) is 8.70. The summed E-state index contributed by atoms with van der Waals surface area (Å²) < 4.78 is 15.7. The minimum absolute atomic E-state index is 0.00610. The molecule has 1 unspecified atom stereocenters. The molecule has 1 amide bonds. The van der Waals surface area contributed by atoms with Crippen LogP contribution in [0.25, 0.3) is 11.1 Å². The number of pyridine rings is 1. The normalized spacial score (nSPS) is 12.5. The van der Waals surface area contributed by atoms with E-state index >= 15 is 0 Å². The number of nitrogens with zero attached hydrogens (tertiary/aromatic N) is 4. The molecule has 4 aromatic rings. The van der Waals surface area contributed by atoms with Crippen LogP contribution in [-0.4, -0.2) is 33.8 Å². The minimum atomic E-state index is -0.523. The highest BCUT2D eigenvalue weighted by atomic mass is 19.1. The summed E-state index contributed by atoms with van der Waals surface area (Å²) in [6, 6.07) is 19.7. The smallest absolute Gasteiger partial charge is 0.234 e. The van der Waals surface area contributed by atoms with Gasteiger partial charge in [-0.05, 0) is 41.3 Å². The summed E-state index contributed by atoms with van der Waals surface area (Å²) in [5.41, 5.74) is 3.56. The van der Waals surface area contributed by atoms with E-state index in [4.69, 9.17) is 5.26 Å². The van der Waals surface area contributed by atoms with Crippen molar-refractivity contribution < 1.29 is 9.18 Å². The summed E-state index contributed by atoms with van der Waals surface area (Å²) in [5, 5.41) is 19.4. The molecule has 0 aliphatic heterocycles. The number of benzene rings is 2. The zero-order chi connectivity index (χ0) is 25.5. The first-order valence-corrected chi connectivity index (χ1v) is 11.7. The molecule has 2 aromatic carbocycles. The van der Waals surface area contributed by atoms with Crippen LogP contribution < -0.4 is 10.6 Å². The van der Waals surface area contributed by atoms with Crippen LogP contribution in [0.2, 0.25) is 0 Å². The SMILES string of the molecule is C[C@H](CNCC(C(=O)Nc1ccc(-c2cnn(C)c2)cn1)c1ccccc1)c1ccc(C#N)c(F)c1. The maximum absolute atomic E-state index is 14.0. The molecule has 4 rings (SSSR count). The number of hydrogen-bond donors (Lipinski definition) is 2. The zero-order valence-electron chi connectivity index (χ0n) is 20.1. The average Bonchev–Trinajstić information content (AvgIpc) is 3.33. The third-order valence-electron chi connectivity index (χ3n) is 6.05. The van der Waals surface area contributed by atoms with Crippen molar-refractivity contribution in [3.63, 3.8) is 0 Å². The number of anilines is 1. The second-order valence-corrected chi connectivity index (χ2v) is 8.70. The van der Waals surface area contributed by atoms with E-state index in [0.717, 1.165) is 22.3 Å². The lowest BCUT2D eigenvalue weighted by atomic mass is 9.96. The number of nitrogens with one attached hydrogen (secondary N) is 2. The van der Waals surface area contributed by atoms with Gasteiger partial charge in [0.15, 0.2) is 0 Å². The highest BCUT2D eigenvalue weighted by Crippen LogP contribution is 2.22. The summed E-state index contributed by atoms with van der Waals surface area (Å²) >= 11 is 0. The molecular formula is C28H27FN6O. The number of nitriles is 1. The maximum Gasteiger partial charge on any atom is 0.234 e. The molecule has 36 heavy (non-hydrogen) atoms. The van der Waals surface area contributed by atoms with Crippen molar-refractivity contribution in [2.45, 2.75) is 18.8 Å². The van der Waals surface area contributed by atoms with Crippen LogP contribution in [0.15, 0.2) is 79.3 Å². The Balaban J connectivity index is 1.41. The van der Waals surface area contributed by atoms with Crippen LogP contribution in [0.1, 0.15) is 35.4 Å². The molecule has 0 aliphatic rings. The van der Waals surface area contributed by atoms with Gasteiger partial charge in [0.25, 0.3) is 0 Å². The molecule has 0 spiro atoms. The van der Waals surface area contributed by atoms with Crippen LogP contribution in [0.5, 0.6) is 0 Å². The van der Waals surface area contributed by atoms with Gasteiger partial charge in [0.1, 0.15) is 17.7 Å². The van der Waals surface area contributed by atoms with Gasteiger partial charge in [-0.1, -0.05) is 43.3 Å². The number of carbonyl (C=O) groups excluding carboxylic acids is 1. The van der Waals surface area contributed by atoms with E-state index in [2.05, 4.69) is 20.7 Å². The highest BCUT2D eigenvalue weighted by molar-refractivity contribution is 5.95. The molecule has 0 fully saturated rings. The molecule has 2 atom stereocenters. The molecule has 0 aliphatic carbocycles. The number of carbonyl (C=O) groups is 1. The van der Waals surface area contributed by atoms with Crippen molar-refractivity contribution in [3.8, 4) is 17.2 Å².